The molecule has 3 nitrogen and oxygen atoms in total. The summed E-state index contributed by atoms with van der Waals surface area (Å²) in [5.74, 6) is -0.00579. The Kier molecular flexibility index (Phi) is 3.68. The average molecular weight is 165 g/mol. The van der Waals surface area contributed by atoms with Gasteiger partial charge in [-0.3, -0.25) is 4.79 Å². The van der Waals surface area contributed by atoms with Gasteiger partial charge < -0.3 is 11.1 Å². The molecular formula is C6H13ClN2O. The first kappa shape index (κ1) is 9.72. The predicted octanol–water partition coefficient (Wildman–Crippen LogP) is 0.0340. The molecule has 1 saturated heterocycles. The van der Waals surface area contributed by atoms with Crippen molar-refractivity contribution in [1.82, 2.24) is 5.32 Å². The quantitative estimate of drug-likeness (QED) is 0.531. The van der Waals surface area contributed by atoms with E-state index in [9.17, 15) is 4.79 Å². The predicted molar refractivity (Wildman–Crippen MR) is 42.1 cm³/mol. The van der Waals surface area contributed by atoms with Crippen LogP contribution in [0.15, 0.2) is 0 Å². The summed E-state index contributed by atoms with van der Waals surface area (Å²) in [4.78, 5) is 10.8. The first-order valence-corrected chi connectivity index (χ1v) is 3.26. The molecule has 1 amide bonds. The average Bonchev–Trinajstić information content (AvgIpc) is 1.80. The van der Waals surface area contributed by atoms with Gasteiger partial charge in [0.2, 0.25) is 5.91 Å². The fourth-order valence-electron chi connectivity index (χ4n) is 0.983. The SMILES string of the molecule is C[C@@H]1CC[C@H](N)C(=O)N1.Cl. The van der Waals surface area contributed by atoms with Crippen LogP contribution in [0, 0.1) is 0 Å². The highest BCUT2D eigenvalue weighted by Crippen LogP contribution is 2.05. The molecule has 0 radical (unpaired) electrons. The molecule has 1 heterocycles. The van der Waals surface area contributed by atoms with Gasteiger partial charge in [0, 0.05) is 6.04 Å². The minimum Gasteiger partial charge on any atom is -0.352 e. The van der Waals surface area contributed by atoms with E-state index in [1.165, 1.54) is 0 Å². The normalized spacial score (nSPS) is 32.4. The third kappa shape index (κ3) is 2.15. The maximum absolute atomic E-state index is 10.8. The fraction of sp³-hybridized carbons (Fsp3) is 0.833. The number of halogens is 1. The molecule has 0 aromatic heterocycles. The third-order valence-corrected chi connectivity index (χ3v) is 1.64. The van der Waals surface area contributed by atoms with Gasteiger partial charge in [0.15, 0.2) is 0 Å². The zero-order chi connectivity index (χ0) is 6.85. The Labute approximate surface area is 66.8 Å². The van der Waals surface area contributed by atoms with E-state index in [-0.39, 0.29) is 24.4 Å². The Morgan fingerprint density at radius 1 is 1.60 bits per heavy atom. The summed E-state index contributed by atoms with van der Waals surface area (Å²) < 4.78 is 0. The highest BCUT2D eigenvalue weighted by atomic mass is 35.5. The molecule has 0 aromatic rings. The minimum atomic E-state index is -0.263. The largest absolute Gasteiger partial charge is 0.352 e. The van der Waals surface area contributed by atoms with Crippen molar-refractivity contribution < 1.29 is 4.79 Å². The number of piperidine rings is 1. The van der Waals surface area contributed by atoms with E-state index in [1.54, 1.807) is 0 Å². The minimum absolute atomic E-state index is 0. The molecule has 4 heteroatoms. The van der Waals surface area contributed by atoms with E-state index < -0.39 is 0 Å². The number of nitrogens with two attached hydrogens (primary N) is 1. The van der Waals surface area contributed by atoms with Crippen LogP contribution in [0.3, 0.4) is 0 Å². The van der Waals surface area contributed by atoms with Crippen LogP contribution >= 0.6 is 12.4 Å². The van der Waals surface area contributed by atoms with Gasteiger partial charge in [-0.25, -0.2) is 0 Å². The lowest BCUT2D eigenvalue weighted by Crippen LogP contribution is -2.49. The molecule has 10 heavy (non-hydrogen) atoms. The summed E-state index contributed by atoms with van der Waals surface area (Å²) in [6.07, 6.45) is 1.83. The lowest BCUT2D eigenvalue weighted by atomic mass is 10.0. The molecule has 1 aliphatic rings. The first-order valence-electron chi connectivity index (χ1n) is 3.26. The summed E-state index contributed by atoms with van der Waals surface area (Å²) in [6.45, 7) is 1.99. The lowest BCUT2D eigenvalue weighted by Gasteiger charge is -2.23. The van der Waals surface area contributed by atoms with Gasteiger partial charge in [-0.1, -0.05) is 0 Å². The number of nitrogens with one attached hydrogen (secondary N) is 1. The molecule has 0 aromatic carbocycles. The van der Waals surface area contributed by atoms with Crippen molar-refractivity contribution in [2.24, 2.45) is 5.73 Å². The number of rotatable bonds is 0. The summed E-state index contributed by atoms with van der Waals surface area (Å²) in [5.41, 5.74) is 5.43. The molecule has 0 saturated carbocycles. The van der Waals surface area contributed by atoms with Gasteiger partial charge in [0.1, 0.15) is 0 Å². The molecule has 60 valence electrons. The molecule has 0 spiro atoms. The van der Waals surface area contributed by atoms with Crippen LogP contribution in [-0.4, -0.2) is 18.0 Å². The summed E-state index contributed by atoms with van der Waals surface area (Å²) >= 11 is 0. The number of carbonyl (C=O) groups is 1. The van der Waals surface area contributed by atoms with Crippen molar-refractivity contribution >= 4 is 18.3 Å². The van der Waals surface area contributed by atoms with E-state index in [0.717, 1.165) is 12.8 Å². The standard InChI is InChI=1S/C6H12N2O.ClH/c1-4-2-3-5(7)6(9)8-4;/h4-5H,2-3,7H2,1H3,(H,8,9);1H/t4-,5+;/m1./s1. The number of hydrogen-bond acceptors (Lipinski definition) is 2. The Bertz CT molecular complexity index is 129. The first-order chi connectivity index (χ1) is 4.20. The third-order valence-electron chi connectivity index (χ3n) is 1.64. The maximum atomic E-state index is 10.8. The van der Waals surface area contributed by atoms with Crippen molar-refractivity contribution in [1.29, 1.82) is 0 Å². The number of hydrogen-bond donors (Lipinski definition) is 2. The van der Waals surface area contributed by atoms with Crippen molar-refractivity contribution in [3.63, 3.8) is 0 Å². The molecule has 1 aliphatic heterocycles. The van der Waals surface area contributed by atoms with E-state index in [4.69, 9.17) is 5.73 Å². The fourth-order valence-corrected chi connectivity index (χ4v) is 0.983. The zero-order valence-electron chi connectivity index (χ0n) is 5.96. The highest BCUT2D eigenvalue weighted by Gasteiger charge is 2.21. The van der Waals surface area contributed by atoms with Crippen LogP contribution in [0.5, 0.6) is 0 Å². The van der Waals surface area contributed by atoms with Crippen molar-refractivity contribution in [3.8, 4) is 0 Å². The van der Waals surface area contributed by atoms with E-state index in [0.29, 0.717) is 6.04 Å². The van der Waals surface area contributed by atoms with Gasteiger partial charge in [-0.05, 0) is 19.8 Å². The summed E-state index contributed by atoms with van der Waals surface area (Å²) in [6, 6.07) is 0.0542. The Hall–Kier alpha value is -0.280. The lowest BCUT2D eigenvalue weighted by molar-refractivity contribution is -0.124. The van der Waals surface area contributed by atoms with Gasteiger partial charge in [0.25, 0.3) is 0 Å². The second kappa shape index (κ2) is 3.78. The monoisotopic (exact) mass is 164 g/mol. The van der Waals surface area contributed by atoms with Gasteiger partial charge in [0.05, 0.1) is 6.04 Å². The van der Waals surface area contributed by atoms with Crippen LogP contribution in [0.1, 0.15) is 19.8 Å². The van der Waals surface area contributed by atoms with E-state index in [2.05, 4.69) is 5.32 Å². The van der Waals surface area contributed by atoms with Crippen LogP contribution in [0.25, 0.3) is 0 Å². The second-order valence-corrected chi connectivity index (χ2v) is 2.59. The van der Waals surface area contributed by atoms with Crippen molar-refractivity contribution in [2.45, 2.75) is 31.8 Å². The molecule has 1 fully saturated rings. The Morgan fingerprint density at radius 2 is 2.20 bits per heavy atom. The highest BCUT2D eigenvalue weighted by molar-refractivity contribution is 5.85. The molecule has 0 unspecified atom stereocenters. The van der Waals surface area contributed by atoms with Crippen LogP contribution < -0.4 is 11.1 Å². The van der Waals surface area contributed by atoms with Crippen LogP contribution in [0.2, 0.25) is 0 Å². The summed E-state index contributed by atoms with van der Waals surface area (Å²) in [5, 5.41) is 2.77. The Balaban J connectivity index is 0.000000810. The van der Waals surface area contributed by atoms with Gasteiger partial charge in [-0.2, -0.15) is 0 Å². The summed E-state index contributed by atoms with van der Waals surface area (Å²) in [7, 11) is 0. The van der Waals surface area contributed by atoms with Crippen molar-refractivity contribution in [3.05, 3.63) is 0 Å². The van der Waals surface area contributed by atoms with Gasteiger partial charge >= 0.3 is 0 Å². The van der Waals surface area contributed by atoms with Crippen LogP contribution in [0.4, 0.5) is 0 Å². The number of carbonyl (C=O) groups excluding carboxylic acids is 1. The van der Waals surface area contributed by atoms with Crippen molar-refractivity contribution in [2.75, 3.05) is 0 Å². The second-order valence-electron chi connectivity index (χ2n) is 2.59. The zero-order valence-corrected chi connectivity index (χ0v) is 6.78. The molecular weight excluding hydrogens is 152 g/mol. The molecule has 3 N–H and O–H groups in total. The smallest absolute Gasteiger partial charge is 0.237 e. The van der Waals surface area contributed by atoms with E-state index >= 15 is 0 Å². The topological polar surface area (TPSA) is 55.1 Å². The van der Waals surface area contributed by atoms with Crippen LogP contribution in [-0.2, 0) is 4.79 Å². The molecule has 0 bridgehead atoms. The van der Waals surface area contributed by atoms with E-state index in [1.807, 2.05) is 6.92 Å². The maximum Gasteiger partial charge on any atom is 0.237 e. The van der Waals surface area contributed by atoms with Gasteiger partial charge in [-0.15, -0.1) is 12.4 Å². The number of amides is 1. The Morgan fingerprint density at radius 3 is 2.60 bits per heavy atom. The molecule has 2 atom stereocenters. The molecule has 0 aliphatic carbocycles. The molecule has 1 rings (SSSR count).